The van der Waals surface area contributed by atoms with Gasteiger partial charge in [0.15, 0.2) is 5.69 Å². The van der Waals surface area contributed by atoms with Crippen LogP contribution in [0, 0.1) is 13.5 Å². The molecule has 0 aromatic heterocycles. The minimum atomic E-state index is 0.641. The highest BCUT2D eigenvalue weighted by Gasteiger charge is 1.94. The number of hydrogen-bond acceptors (Lipinski definition) is 0. The first-order chi connectivity index (χ1) is 4.74. The quantitative estimate of drug-likeness (QED) is 0.502. The van der Waals surface area contributed by atoms with Gasteiger partial charge in [0.25, 0.3) is 0 Å². The Morgan fingerprint density at radius 3 is 2.70 bits per heavy atom. The Labute approximate surface area is 65.1 Å². The fourth-order valence-electron chi connectivity index (χ4n) is 0.698. The van der Waals surface area contributed by atoms with E-state index in [1.165, 1.54) is 0 Å². The van der Waals surface area contributed by atoms with Crippen LogP contribution in [0.1, 0.15) is 5.56 Å². The van der Waals surface area contributed by atoms with E-state index in [0.717, 1.165) is 5.56 Å². The van der Waals surface area contributed by atoms with Gasteiger partial charge in [-0.2, -0.15) is 0 Å². The first-order valence-corrected chi connectivity index (χ1v) is 3.25. The van der Waals surface area contributed by atoms with Gasteiger partial charge in [-0.25, -0.2) is 4.85 Å². The van der Waals surface area contributed by atoms with Crippen LogP contribution in [0.25, 0.3) is 4.85 Å². The monoisotopic (exact) mass is 151 g/mol. The minimum Gasteiger partial charge on any atom is -0.238 e. The molecular weight excluding hydrogens is 146 g/mol. The molecule has 0 heterocycles. The van der Waals surface area contributed by atoms with Gasteiger partial charge in [0.05, 0.1) is 6.57 Å². The number of rotatable bonds is 0. The fourth-order valence-corrected chi connectivity index (χ4v) is 0.816. The number of nitrogens with zero attached hydrogens (tertiary/aromatic N) is 1. The highest BCUT2D eigenvalue weighted by molar-refractivity contribution is 6.31. The molecule has 2 heteroatoms. The van der Waals surface area contributed by atoms with Gasteiger partial charge >= 0.3 is 0 Å². The Balaban J connectivity index is 3.20. The van der Waals surface area contributed by atoms with Crippen LogP contribution in [0.5, 0.6) is 0 Å². The summed E-state index contributed by atoms with van der Waals surface area (Å²) in [6.07, 6.45) is 0. The van der Waals surface area contributed by atoms with E-state index in [9.17, 15) is 0 Å². The molecule has 0 aliphatic heterocycles. The minimum absolute atomic E-state index is 0.641. The van der Waals surface area contributed by atoms with Gasteiger partial charge in [0.2, 0.25) is 0 Å². The average Bonchev–Trinajstić information content (AvgIpc) is 1.95. The Kier molecular flexibility index (Phi) is 1.94. The maximum atomic E-state index is 6.69. The molecular formula is C8H6ClN. The molecule has 0 N–H and O–H groups in total. The molecule has 0 amide bonds. The number of benzene rings is 1. The predicted octanol–water partition coefficient (Wildman–Crippen LogP) is 3.20. The lowest BCUT2D eigenvalue weighted by Crippen LogP contribution is -1.71. The van der Waals surface area contributed by atoms with Gasteiger partial charge < -0.3 is 0 Å². The van der Waals surface area contributed by atoms with Gasteiger partial charge in [0, 0.05) is 5.02 Å². The lowest BCUT2D eigenvalue weighted by Gasteiger charge is -1.95. The fraction of sp³-hybridized carbons (Fsp3) is 0.125. The van der Waals surface area contributed by atoms with Gasteiger partial charge in [-0.05, 0) is 12.5 Å². The molecule has 1 aromatic carbocycles. The first kappa shape index (κ1) is 7.11. The Morgan fingerprint density at radius 1 is 1.50 bits per heavy atom. The molecule has 0 spiro atoms. The first-order valence-electron chi connectivity index (χ1n) is 2.87. The molecule has 0 unspecified atom stereocenters. The van der Waals surface area contributed by atoms with Crippen molar-refractivity contribution in [2.24, 2.45) is 0 Å². The second-order valence-electron chi connectivity index (χ2n) is 2.05. The summed E-state index contributed by atoms with van der Waals surface area (Å²) in [6, 6.07) is 5.22. The Hall–Kier alpha value is -1.00. The van der Waals surface area contributed by atoms with E-state index in [1.54, 1.807) is 18.2 Å². The lowest BCUT2D eigenvalue weighted by atomic mass is 10.2. The van der Waals surface area contributed by atoms with Crippen molar-refractivity contribution >= 4 is 17.3 Å². The third-order valence-electron chi connectivity index (χ3n) is 1.27. The van der Waals surface area contributed by atoms with Crippen LogP contribution in [0.4, 0.5) is 5.69 Å². The topological polar surface area (TPSA) is 4.36 Å². The molecule has 50 valence electrons. The molecule has 1 nitrogen and oxygen atoms in total. The SMILES string of the molecule is [C-]#[N+]c1ccc(Cl)c(C)c1. The van der Waals surface area contributed by atoms with Crippen molar-refractivity contribution < 1.29 is 0 Å². The largest absolute Gasteiger partial charge is 0.238 e. The molecule has 0 saturated carbocycles. The van der Waals surface area contributed by atoms with E-state index in [0.29, 0.717) is 10.7 Å². The van der Waals surface area contributed by atoms with Gasteiger partial charge in [-0.3, -0.25) is 0 Å². The summed E-state index contributed by atoms with van der Waals surface area (Å²) in [5.41, 5.74) is 1.59. The van der Waals surface area contributed by atoms with E-state index in [1.807, 2.05) is 6.92 Å². The van der Waals surface area contributed by atoms with Crippen LogP contribution >= 0.6 is 11.6 Å². The third-order valence-corrected chi connectivity index (χ3v) is 1.69. The van der Waals surface area contributed by atoms with Crippen LogP contribution in [-0.2, 0) is 0 Å². The van der Waals surface area contributed by atoms with Gasteiger partial charge in [-0.1, -0.05) is 29.8 Å². The summed E-state index contributed by atoms with van der Waals surface area (Å²) in [5, 5.41) is 0.715. The van der Waals surface area contributed by atoms with Crippen molar-refractivity contribution in [2.75, 3.05) is 0 Å². The molecule has 10 heavy (non-hydrogen) atoms. The smallest absolute Gasteiger partial charge is 0.187 e. The molecule has 1 aromatic rings. The van der Waals surface area contributed by atoms with Crippen LogP contribution in [0.2, 0.25) is 5.02 Å². The zero-order valence-electron chi connectivity index (χ0n) is 5.56. The van der Waals surface area contributed by atoms with E-state index in [-0.39, 0.29) is 0 Å². The number of hydrogen-bond donors (Lipinski definition) is 0. The average molecular weight is 152 g/mol. The van der Waals surface area contributed by atoms with Crippen LogP contribution < -0.4 is 0 Å². The summed E-state index contributed by atoms with van der Waals surface area (Å²) in [5.74, 6) is 0. The van der Waals surface area contributed by atoms with Crippen molar-refractivity contribution in [1.29, 1.82) is 0 Å². The normalized spacial score (nSPS) is 8.90. The van der Waals surface area contributed by atoms with Crippen molar-refractivity contribution in [2.45, 2.75) is 6.92 Å². The Bertz CT molecular complexity index is 286. The highest BCUT2D eigenvalue weighted by Crippen LogP contribution is 2.20. The molecule has 0 fully saturated rings. The molecule has 0 aliphatic rings. The summed E-state index contributed by atoms with van der Waals surface area (Å²) >= 11 is 5.73. The zero-order valence-corrected chi connectivity index (χ0v) is 6.31. The Morgan fingerprint density at radius 2 is 2.20 bits per heavy atom. The predicted molar refractivity (Wildman–Crippen MR) is 42.5 cm³/mol. The van der Waals surface area contributed by atoms with Crippen LogP contribution in [0.15, 0.2) is 18.2 Å². The maximum Gasteiger partial charge on any atom is 0.187 e. The van der Waals surface area contributed by atoms with Crippen LogP contribution in [0.3, 0.4) is 0 Å². The lowest BCUT2D eigenvalue weighted by molar-refractivity contribution is 1.48. The second kappa shape index (κ2) is 2.72. The second-order valence-corrected chi connectivity index (χ2v) is 2.45. The summed E-state index contributed by atoms with van der Waals surface area (Å²) in [7, 11) is 0. The molecule has 0 atom stereocenters. The summed E-state index contributed by atoms with van der Waals surface area (Å²) in [4.78, 5) is 3.26. The number of halogens is 1. The molecule has 1 rings (SSSR count). The van der Waals surface area contributed by atoms with E-state index < -0.39 is 0 Å². The van der Waals surface area contributed by atoms with E-state index in [2.05, 4.69) is 4.85 Å². The molecule has 0 aliphatic carbocycles. The van der Waals surface area contributed by atoms with E-state index in [4.69, 9.17) is 18.2 Å². The molecule has 0 bridgehead atoms. The number of aryl methyl sites for hydroxylation is 1. The molecule has 0 saturated heterocycles. The van der Waals surface area contributed by atoms with Crippen molar-refractivity contribution in [3.8, 4) is 0 Å². The van der Waals surface area contributed by atoms with Crippen molar-refractivity contribution in [1.82, 2.24) is 0 Å². The van der Waals surface area contributed by atoms with Crippen molar-refractivity contribution in [3.05, 3.63) is 40.2 Å². The maximum absolute atomic E-state index is 6.69. The van der Waals surface area contributed by atoms with Gasteiger partial charge in [-0.15, -0.1) is 0 Å². The van der Waals surface area contributed by atoms with E-state index >= 15 is 0 Å². The van der Waals surface area contributed by atoms with Crippen LogP contribution in [-0.4, -0.2) is 0 Å². The summed E-state index contributed by atoms with van der Waals surface area (Å²) in [6.45, 7) is 8.58. The third kappa shape index (κ3) is 1.29. The highest BCUT2D eigenvalue weighted by atomic mass is 35.5. The zero-order chi connectivity index (χ0) is 7.56. The van der Waals surface area contributed by atoms with Crippen molar-refractivity contribution in [3.63, 3.8) is 0 Å². The summed E-state index contributed by atoms with van der Waals surface area (Å²) < 4.78 is 0. The molecule has 0 radical (unpaired) electrons. The van der Waals surface area contributed by atoms with Gasteiger partial charge in [0.1, 0.15) is 0 Å². The standard InChI is InChI=1S/C8H6ClN/c1-6-5-7(10-2)3-4-8(6)9/h3-5H,1H3.